The van der Waals surface area contributed by atoms with Crippen molar-refractivity contribution in [1.82, 2.24) is 0 Å². The van der Waals surface area contributed by atoms with Gasteiger partial charge in [0.05, 0.1) is 5.92 Å². The van der Waals surface area contributed by atoms with Crippen molar-refractivity contribution < 1.29 is 40.6 Å². The maximum atomic E-state index is 13.4. The molecule has 1 aromatic carbocycles. The Kier molecular flexibility index (Phi) is 6.74. The van der Waals surface area contributed by atoms with E-state index < -0.39 is 41.5 Å². The first kappa shape index (κ1) is 23.7. The number of halogens is 8. The molecule has 2 atom stereocenters. The second kappa shape index (κ2) is 8.26. The number of benzene rings is 1. The fraction of sp³-hybridized carbons (Fsp3) is 0.500. The highest BCUT2D eigenvalue weighted by Crippen LogP contribution is 2.60. The predicted octanol–water partition coefficient (Wildman–Crippen LogP) is 6.19. The minimum absolute atomic E-state index is 0.00440. The summed E-state index contributed by atoms with van der Waals surface area (Å²) in [6.45, 7) is 3.23. The van der Waals surface area contributed by atoms with Gasteiger partial charge in [-0.05, 0) is 35.1 Å². The molecule has 11 heteroatoms. The number of allylic oxidation sites excluding steroid dienone is 1. The van der Waals surface area contributed by atoms with Crippen LogP contribution in [0.25, 0.3) is 0 Å². The molecule has 29 heavy (non-hydrogen) atoms. The smallest absolute Gasteiger partial charge is 0.461 e. The lowest BCUT2D eigenvalue weighted by Gasteiger charge is -2.25. The second-order valence-corrected chi connectivity index (χ2v) is 8.09. The van der Waals surface area contributed by atoms with Crippen molar-refractivity contribution >= 4 is 29.2 Å². The quantitative estimate of drug-likeness (QED) is 0.339. The van der Waals surface area contributed by atoms with Gasteiger partial charge in [0.1, 0.15) is 16.8 Å². The Morgan fingerprint density at radius 1 is 1.24 bits per heavy atom. The predicted molar refractivity (Wildman–Crippen MR) is 93.3 cm³/mol. The number of carbonyl (C=O) groups excluding carboxylic acids is 1. The summed E-state index contributed by atoms with van der Waals surface area (Å²) in [6.07, 6.45) is -8.55. The van der Waals surface area contributed by atoms with Crippen LogP contribution in [0.5, 0.6) is 5.75 Å². The van der Waals surface area contributed by atoms with E-state index in [1.54, 1.807) is 13.8 Å². The number of hydrogen-bond donors (Lipinski definition) is 0. The van der Waals surface area contributed by atoms with Crippen LogP contribution >= 0.6 is 23.2 Å². The lowest BCUT2D eigenvalue weighted by molar-refractivity contribution is -0.342. The molecule has 1 saturated carbocycles. The summed E-state index contributed by atoms with van der Waals surface area (Å²) < 4.78 is 85.9. The van der Waals surface area contributed by atoms with Gasteiger partial charge in [-0.15, -0.1) is 0 Å². The normalized spacial score (nSPS) is 20.9. The molecular formula is C18H16Cl2F6O3. The Morgan fingerprint density at radius 2 is 1.86 bits per heavy atom. The van der Waals surface area contributed by atoms with Crippen LogP contribution < -0.4 is 4.74 Å². The van der Waals surface area contributed by atoms with E-state index in [2.05, 4.69) is 4.74 Å². The molecule has 0 heterocycles. The fourth-order valence-electron chi connectivity index (χ4n) is 2.86. The average Bonchev–Trinajstić information content (AvgIpc) is 3.11. The van der Waals surface area contributed by atoms with Gasteiger partial charge in [0.25, 0.3) is 0 Å². The number of alkyl halides is 6. The highest BCUT2D eigenvalue weighted by atomic mass is 35.5. The van der Waals surface area contributed by atoms with Gasteiger partial charge in [-0.1, -0.05) is 49.2 Å². The van der Waals surface area contributed by atoms with Gasteiger partial charge in [0.2, 0.25) is 0 Å². The van der Waals surface area contributed by atoms with Gasteiger partial charge in [0.15, 0.2) is 0 Å². The zero-order valence-electron chi connectivity index (χ0n) is 15.1. The summed E-state index contributed by atoms with van der Waals surface area (Å²) in [7, 11) is 0. The molecule has 0 N–H and O–H groups in total. The van der Waals surface area contributed by atoms with E-state index in [1.165, 1.54) is 12.1 Å². The van der Waals surface area contributed by atoms with Crippen LogP contribution in [0.2, 0.25) is 0 Å². The number of carbonyl (C=O) groups is 1. The van der Waals surface area contributed by atoms with E-state index in [1.807, 2.05) is 0 Å². The molecule has 1 fully saturated rings. The maximum Gasteiger partial charge on any atom is 0.470 e. The number of esters is 1. The van der Waals surface area contributed by atoms with Crippen LogP contribution in [0.3, 0.4) is 0 Å². The van der Waals surface area contributed by atoms with Crippen molar-refractivity contribution in [2.45, 2.75) is 38.9 Å². The zero-order valence-corrected chi connectivity index (χ0v) is 16.6. The topological polar surface area (TPSA) is 35.5 Å². The third-order valence-electron chi connectivity index (χ3n) is 4.66. The Morgan fingerprint density at radius 3 is 2.41 bits per heavy atom. The van der Waals surface area contributed by atoms with Crippen LogP contribution in [-0.4, -0.2) is 24.4 Å². The van der Waals surface area contributed by atoms with Gasteiger partial charge >= 0.3 is 24.4 Å². The minimum atomic E-state index is -5.68. The first-order chi connectivity index (χ1) is 13.2. The summed E-state index contributed by atoms with van der Waals surface area (Å²) in [5.41, 5.74) is -0.312. The zero-order chi connectivity index (χ0) is 22.2. The summed E-state index contributed by atoms with van der Waals surface area (Å²) in [5, 5.41) is 0. The first-order valence-electron chi connectivity index (χ1n) is 8.21. The van der Waals surface area contributed by atoms with Crippen LogP contribution in [0, 0.1) is 17.3 Å². The van der Waals surface area contributed by atoms with Gasteiger partial charge in [-0.2, -0.15) is 17.6 Å². The van der Waals surface area contributed by atoms with Crippen LogP contribution in [-0.2, 0) is 16.1 Å². The second-order valence-electron chi connectivity index (χ2n) is 7.08. The van der Waals surface area contributed by atoms with Crippen LogP contribution in [0.15, 0.2) is 34.8 Å². The van der Waals surface area contributed by atoms with Gasteiger partial charge in [0, 0.05) is 0 Å². The fourth-order valence-corrected chi connectivity index (χ4v) is 3.13. The highest BCUT2D eigenvalue weighted by molar-refractivity contribution is 6.55. The van der Waals surface area contributed by atoms with E-state index >= 15 is 0 Å². The molecule has 1 aliphatic rings. The van der Waals surface area contributed by atoms with Crippen LogP contribution in [0.1, 0.15) is 19.4 Å². The van der Waals surface area contributed by atoms with Gasteiger partial charge in [-0.3, -0.25) is 4.79 Å². The van der Waals surface area contributed by atoms with E-state index in [-0.39, 0.29) is 22.6 Å². The standard InChI is InChI=1S/C18H16Cl2F6O3/c1-16(2)11(7-12(19)20)13(16)14(27)28-8-9-4-3-5-10(6-9)29-18(25,26)17(23,24)15(21)22/h3-7,11,13,15H,8H2,1-2H3. The largest absolute Gasteiger partial charge is 0.470 e. The van der Waals surface area contributed by atoms with E-state index in [0.717, 1.165) is 18.2 Å². The SMILES string of the molecule is CC1(C)C(C=C(Cl)Cl)C1C(=O)OCc1cccc(OC(F)(F)C(F)(F)C(F)F)c1. The monoisotopic (exact) mass is 464 g/mol. The van der Waals surface area contributed by atoms with Crippen molar-refractivity contribution in [2.24, 2.45) is 17.3 Å². The molecule has 0 saturated heterocycles. The number of rotatable bonds is 8. The molecule has 0 radical (unpaired) electrons. The van der Waals surface area contributed by atoms with Crippen molar-refractivity contribution in [3.05, 3.63) is 40.4 Å². The third kappa shape index (κ3) is 5.12. The first-order valence-corrected chi connectivity index (χ1v) is 8.97. The number of ether oxygens (including phenoxy) is 2. The van der Waals surface area contributed by atoms with E-state index in [4.69, 9.17) is 27.9 Å². The maximum absolute atomic E-state index is 13.4. The lowest BCUT2D eigenvalue weighted by atomic mass is 10.1. The Balaban J connectivity index is 2.02. The summed E-state index contributed by atoms with van der Waals surface area (Å²) in [6, 6.07) is 4.28. The minimum Gasteiger partial charge on any atom is -0.461 e. The molecule has 1 aromatic rings. The lowest BCUT2D eigenvalue weighted by Crippen LogP contribution is -2.50. The Hall–Kier alpha value is -1.61. The average molecular weight is 465 g/mol. The molecule has 162 valence electrons. The molecule has 0 aliphatic heterocycles. The van der Waals surface area contributed by atoms with Crippen LogP contribution in [0.4, 0.5) is 26.3 Å². The van der Waals surface area contributed by atoms with Crippen molar-refractivity contribution in [2.75, 3.05) is 0 Å². The summed E-state index contributed by atoms with van der Waals surface area (Å²) in [5.74, 6) is -7.83. The van der Waals surface area contributed by atoms with Crippen molar-refractivity contribution in [3.63, 3.8) is 0 Å². The molecule has 0 bridgehead atoms. The summed E-state index contributed by atoms with van der Waals surface area (Å²) >= 11 is 11.2. The Bertz CT molecular complexity index is 794. The third-order valence-corrected chi connectivity index (χ3v) is 4.91. The molecule has 1 aliphatic carbocycles. The van der Waals surface area contributed by atoms with E-state index in [0.29, 0.717) is 0 Å². The summed E-state index contributed by atoms with van der Waals surface area (Å²) in [4.78, 5) is 12.2. The molecule has 0 aromatic heterocycles. The molecule has 2 rings (SSSR count). The molecule has 0 spiro atoms. The molecular weight excluding hydrogens is 449 g/mol. The van der Waals surface area contributed by atoms with Gasteiger partial charge in [-0.25, -0.2) is 8.78 Å². The van der Waals surface area contributed by atoms with Crippen molar-refractivity contribution in [1.29, 1.82) is 0 Å². The van der Waals surface area contributed by atoms with Crippen molar-refractivity contribution in [3.8, 4) is 5.75 Å². The molecule has 2 unspecified atom stereocenters. The van der Waals surface area contributed by atoms with Gasteiger partial charge < -0.3 is 9.47 Å². The molecule has 3 nitrogen and oxygen atoms in total. The van der Waals surface area contributed by atoms with E-state index in [9.17, 15) is 31.1 Å². The molecule has 0 amide bonds. The number of hydrogen-bond acceptors (Lipinski definition) is 3. The highest BCUT2D eigenvalue weighted by Gasteiger charge is 2.66. The Labute approximate surface area is 172 Å².